The van der Waals surface area contributed by atoms with Gasteiger partial charge in [-0.3, -0.25) is 4.72 Å². The molecular formula is C12H11F2NO3S2. The number of nitrogens with one attached hydrogen (secondary N) is 1. The second-order valence-electron chi connectivity index (χ2n) is 4.06. The third kappa shape index (κ3) is 2.82. The average Bonchev–Trinajstić information content (AvgIpc) is 2.75. The van der Waals surface area contributed by atoms with E-state index in [-0.39, 0.29) is 15.5 Å². The van der Waals surface area contributed by atoms with Crippen LogP contribution in [0.25, 0.3) is 0 Å². The van der Waals surface area contributed by atoms with Crippen molar-refractivity contribution < 1.29 is 22.3 Å². The molecule has 8 heteroatoms. The smallest absolute Gasteiger partial charge is 0.263 e. The number of anilines is 1. The van der Waals surface area contributed by atoms with Gasteiger partial charge in [0.2, 0.25) is 0 Å². The molecule has 2 N–H and O–H groups in total. The maximum absolute atomic E-state index is 13.1. The lowest BCUT2D eigenvalue weighted by Crippen LogP contribution is -2.15. The molecule has 2 rings (SSSR count). The number of benzene rings is 1. The Morgan fingerprint density at radius 1 is 1.30 bits per heavy atom. The predicted octanol–water partition coefficient (Wildman–Crippen LogP) is 2.63. The zero-order chi connectivity index (χ0) is 14.9. The van der Waals surface area contributed by atoms with E-state index in [1.165, 1.54) is 0 Å². The molecule has 1 aromatic carbocycles. The Labute approximate surface area is 118 Å². The maximum Gasteiger partial charge on any atom is 0.263 e. The molecule has 0 atom stereocenters. The maximum atomic E-state index is 13.1. The van der Waals surface area contributed by atoms with Gasteiger partial charge in [-0.1, -0.05) is 0 Å². The van der Waals surface area contributed by atoms with Gasteiger partial charge in [-0.25, -0.2) is 17.2 Å². The van der Waals surface area contributed by atoms with E-state index in [0.29, 0.717) is 5.56 Å². The van der Waals surface area contributed by atoms with Crippen molar-refractivity contribution in [3.05, 3.63) is 45.7 Å². The lowest BCUT2D eigenvalue weighted by Gasteiger charge is -2.09. The Balaban J connectivity index is 2.40. The van der Waals surface area contributed by atoms with Crippen molar-refractivity contribution in [2.45, 2.75) is 18.4 Å². The summed E-state index contributed by atoms with van der Waals surface area (Å²) in [4.78, 5) is 0.257. The summed E-state index contributed by atoms with van der Waals surface area (Å²) in [5.41, 5.74) is 0.396. The van der Waals surface area contributed by atoms with Crippen LogP contribution in [0.3, 0.4) is 0 Å². The van der Waals surface area contributed by atoms with Crippen LogP contribution < -0.4 is 4.72 Å². The molecule has 0 spiro atoms. The van der Waals surface area contributed by atoms with Crippen LogP contribution in [0.4, 0.5) is 14.5 Å². The second kappa shape index (κ2) is 5.47. The van der Waals surface area contributed by atoms with Crippen LogP contribution in [0.5, 0.6) is 0 Å². The third-order valence-electron chi connectivity index (χ3n) is 2.57. The molecule has 1 aromatic heterocycles. The standard InChI is InChI=1S/C12H11F2NO3S2/c1-7-6-19-11(5-16)12(7)20(17,18)15-8-2-3-9(13)10(14)4-8/h2-4,6,15-16H,5H2,1H3. The molecule has 0 amide bonds. The highest BCUT2D eigenvalue weighted by Gasteiger charge is 2.23. The molecule has 2 aromatic rings. The Bertz CT molecular complexity index is 741. The highest BCUT2D eigenvalue weighted by Crippen LogP contribution is 2.28. The molecule has 0 saturated heterocycles. The van der Waals surface area contributed by atoms with E-state index in [1.54, 1.807) is 12.3 Å². The van der Waals surface area contributed by atoms with Gasteiger partial charge in [0.1, 0.15) is 4.90 Å². The molecule has 0 radical (unpaired) electrons. The van der Waals surface area contributed by atoms with Gasteiger partial charge in [-0.15, -0.1) is 11.3 Å². The lowest BCUT2D eigenvalue weighted by atomic mass is 10.3. The first-order valence-corrected chi connectivity index (χ1v) is 7.87. The predicted molar refractivity (Wildman–Crippen MR) is 72.1 cm³/mol. The van der Waals surface area contributed by atoms with Crippen LogP contribution in [0, 0.1) is 18.6 Å². The first-order chi connectivity index (χ1) is 9.35. The van der Waals surface area contributed by atoms with E-state index in [4.69, 9.17) is 5.11 Å². The molecule has 1 heterocycles. The van der Waals surface area contributed by atoms with E-state index in [9.17, 15) is 17.2 Å². The summed E-state index contributed by atoms with van der Waals surface area (Å²) in [6, 6.07) is 2.71. The fourth-order valence-corrected chi connectivity index (χ4v) is 4.44. The number of aryl methyl sites for hydroxylation is 1. The average molecular weight is 319 g/mol. The Morgan fingerprint density at radius 2 is 2.00 bits per heavy atom. The summed E-state index contributed by atoms with van der Waals surface area (Å²) in [5, 5.41) is 10.8. The van der Waals surface area contributed by atoms with Gasteiger partial charge < -0.3 is 5.11 Å². The highest BCUT2D eigenvalue weighted by molar-refractivity contribution is 7.93. The molecule has 0 bridgehead atoms. The Hall–Kier alpha value is -1.51. The van der Waals surface area contributed by atoms with Crippen LogP contribution in [-0.2, 0) is 16.6 Å². The van der Waals surface area contributed by atoms with Crippen LogP contribution >= 0.6 is 11.3 Å². The highest BCUT2D eigenvalue weighted by atomic mass is 32.2. The van der Waals surface area contributed by atoms with Crippen molar-refractivity contribution in [3.8, 4) is 0 Å². The zero-order valence-corrected chi connectivity index (χ0v) is 12.0. The normalized spacial score (nSPS) is 11.6. The summed E-state index contributed by atoms with van der Waals surface area (Å²) in [7, 11) is -3.96. The minimum Gasteiger partial charge on any atom is -0.391 e. The number of hydrogen-bond acceptors (Lipinski definition) is 4. The fourth-order valence-electron chi connectivity index (χ4n) is 1.72. The van der Waals surface area contributed by atoms with Gasteiger partial charge in [0.25, 0.3) is 10.0 Å². The van der Waals surface area contributed by atoms with Gasteiger partial charge in [0.15, 0.2) is 11.6 Å². The molecule has 108 valence electrons. The van der Waals surface area contributed by atoms with Crippen LogP contribution in [0.1, 0.15) is 10.4 Å². The fraction of sp³-hybridized carbons (Fsp3) is 0.167. The first-order valence-electron chi connectivity index (χ1n) is 5.51. The van der Waals surface area contributed by atoms with Crippen molar-refractivity contribution in [2.24, 2.45) is 0 Å². The van der Waals surface area contributed by atoms with Crippen molar-refractivity contribution in [2.75, 3.05) is 4.72 Å². The number of halogens is 2. The molecule has 0 aliphatic rings. The first kappa shape index (κ1) is 14.9. The number of aliphatic hydroxyl groups excluding tert-OH is 1. The molecule has 0 fully saturated rings. The molecular weight excluding hydrogens is 308 g/mol. The molecule has 0 aliphatic carbocycles. The topological polar surface area (TPSA) is 66.4 Å². The number of rotatable bonds is 4. The van der Waals surface area contributed by atoms with Crippen LogP contribution in [0.15, 0.2) is 28.5 Å². The summed E-state index contributed by atoms with van der Waals surface area (Å²) >= 11 is 1.12. The lowest BCUT2D eigenvalue weighted by molar-refractivity contribution is 0.282. The van der Waals surface area contributed by atoms with E-state index in [1.807, 2.05) is 0 Å². The van der Waals surface area contributed by atoms with Gasteiger partial charge in [-0.2, -0.15) is 0 Å². The van der Waals surface area contributed by atoms with E-state index in [2.05, 4.69) is 4.72 Å². The molecule has 0 saturated carbocycles. The molecule has 0 unspecified atom stereocenters. The Morgan fingerprint density at radius 3 is 2.60 bits per heavy atom. The summed E-state index contributed by atoms with van der Waals surface area (Å²) in [6.45, 7) is 1.18. The quantitative estimate of drug-likeness (QED) is 0.910. The number of sulfonamides is 1. The van der Waals surface area contributed by atoms with Gasteiger partial charge in [-0.05, 0) is 30.0 Å². The molecule has 4 nitrogen and oxygen atoms in total. The van der Waals surface area contributed by atoms with E-state index >= 15 is 0 Å². The Kier molecular flexibility index (Phi) is 4.07. The van der Waals surface area contributed by atoms with E-state index in [0.717, 1.165) is 29.5 Å². The monoisotopic (exact) mass is 319 g/mol. The van der Waals surface area contributed by atoms with Gasteiger partial charge >= 0.3 is 0 Å². The number of hydrogen-bond donors (Lipinski definition) is 2. The second-order valence-corrected chi connectivity index (χ2v) is 6.65. The van der Waals surface area contributed by atoms with Crippen molar-refractivity contribution >= 4 is 27.0 Å². The molecule has 0 aliphatic heterocycles. The zero-order valence-electron chi connectivity index (χ0n) is 10.4. The molecule has 20 heavy (non-hydrogen) atoms. The largest absolute Gasteiger partial charge is 0.391 e. The summed E-state index contributed by atoms with van der Waals surface area (Å²) < 4.78 is 52.5. The number of aliphatic hydroxyl groups is 1. The minimum atomic E-state index is -3.96. The van der Waals surface area contributed by atoms with Gasteiger partial charge in [0, 0.05) is 6.07 Å². The van der Waals surface area contributed by atoms with Crippen LogP contribution in [0.2, 0.25) is 0 Å². The number of thiophene rings is 1. The minimum absolute atomic E-state index is 0.0327. The van der Waals surface area contributed by atoms with Crippen LogP contribution in [-0.4, -0.2) is 13.5 Å². The summed E-state index contributed by atoms with van der Waals surface area (Å²) in [5.74, 6) is -2.20. The summed E-state index contributed by atoms with van der Waals surface area (Å²) in [6.07, 6.45) is 0. The van der Waals surface area contributed by atoms with E-state index < -0.39 is 28.3 Å². The van der Waals surface area contributed by atoms with Crippen molar-refractivity contribution in [3.63, 3.8) is 0 Å². The SMILES string of the molecule is Cc1csc(CO)c1S(=O)(=O)Nc1ccc(F)c(F)c1. The van der Waals surface area contributed by atoms with Crippen molar-refractivity contribution in [1.29, 1.82) is 0 Å². The third-order valence-corrected chi connectivity index (χ3v) is 5.40. The van der Waals surface area contributed by atoms with Gasteiger partial charge in [0.05, 0.1) is 17.2 Å². The van der Waals surface area contributed by atoms with Crippen molar-refractivity contribution in [1.82, 2.24) is 0 Å².